The van der Waals surface area contributed by atoms with Crippen LogP contribution in [0.4, 0.5) is 0 Å². The van der Waals surface area contributed by atoms with Gasteiger partial charge in [-0.2, -0.15) is 0 Å². The van der Waals surface area contributed by atoms with Crippen molar-refractivity contribution in [3.05, 3.63) is 150 Å². The van der Waals surface area contributed by atoms with E-state index in [-0.39, 0.29) is 17.5 Å². The van der Waals surface area contributed by atoms with E-state index < -0.39 is 7.26 Å². The van der Waals surface area contributed by atoms with E-state index in [0.717, 1.165) is 19.0 Å². The summed E-state index contributed by atoms with van der Waals surface area (Å²) < 4.78 is 5.54. The summed E-state index contributed by atoms with van der Waals surface area (Å²) in [4.78, 5) is 11.5. The van der Waals surface area contributed by atoms with Gasteiger partial charge in [0.1, 0.15) is 29.3 Å². The van der Waals surface area contributed by atoms with Gasteiger partial charge in [0.2, 0.25) is 0 Å². The number of hydrogen-bond donors (Lipinski definition) is 0. The summed E-state index contributed by atoms with van der Waals surface area (Å²) in [6.45, 7) is 12.5. The van der Waals surface area contributed by atoms with Gasteiger partial charge in [0, 0.05) is 13.3 Å². The fourth-order valence-corrected chi connectivity index (χ4v) is 10.4. The van der Waals surface area contributed by atoms with Crippen LogP contribution in [0.1, 0.15) is 54.4 Å². The van der Waals surface area contributed by atoms with Crippen LogP contribution in [0.25, 0.3) is 0 Å². The minimum atomic E-state index is -1.89. The second kappa shape index (κ2) is 14.6. The molecule has 0 amide bonds. The molecule has 0 spiro atoms. The molecule has 4 rings (SSSR count). The highest BCUT2D eigenvalue weighted by Gasteiger charge is 2.44. The second-order valence-corrected chi connectivity index (χ2v) is 15.8. The van der Waals surface area contributed by atoms with Crippen LogP contribution in [0.3, 0.4) is 0 Å². The van der Waals surface area contributed by atoms with Crippen molar-refractivity contribution in [2.75, 3.05) is 6.16 Å². The molecule has 43 heavy (non-hydrogen) atoms. The first-order chi connectivity index (χ1) is 20.6. The standard InChI is InChI=1S/C40H46O2P/c1-31(25-26-39-33(3)29-35(42-34(4)41)30-40(39,5)6)17-16-18-32(2)27-28-43(36-19-10-7-11-20-36,37-21-12-8-13-22-37)38-23-14-9-15-24-38/h7-27,35H,28-30H2,1-6H3/q+1. The van der Waals surface area contributed by atoms with Gasteiger partial charge >= 0.3 is 5.97 Å². The maximum absolute atomic E-state index is 11.5. The molecule has 0 radical (unpaired) electrons. The normalized spacial score (nSPS) is 18.0. The summed E-state index contributed by atoms with van der Waals surface area (Å²) in [6.07, 6.45) is 16.0. The van der Waals surface area contributed by atoms with Gasteiger partial charge in [0.25, 0.3) is 0 Å². The van der Waals surface area contributed by atoms with E-state index in [0.29, 0.717) is 0 Å². The number of hydrogen-bond acceptors (Lipinski definition) is 2. The second-order valence-electron chi connectivity index (χ2n) is 12.3. The molecule has 2 nitrogen and oxygen atoms in total. The summed E-state index contributed by atoms with van der Waals surface area (Å²) in [5, 5.41) is 4.20. The van der Waals surface area contributed by atoms with Crippen molar-refractivity contribution < 1.29 is 9.53 Å². The molecule has 222 valence electrons. The zero-order valence-electron chi connectivity index (χ0n) is 26.6. The molecule has 1 aliphatic carbocycles. The predicted molar refractivity (Wildman–Crippen MR) is 187 cm³/mol. The van der Waals surface area contributed by atoms with Crippen LogP contribution >= 0.6 is 7.26 Å². The van der Waals surface area contributed by atoms with Gasteiger partial charge in [0.05, 0.1) is 6.16 Å². The van der Waals surface area contributed by atoms with Crippen molar-refractivity contribution >= 4 is 29.1 Å². The molecule has 0 aliphatic heterocycles. The number of ether oxygens (including phenoxy) is 1. The Bertz CT molecular complexity index is 1430. The number of carbonyl (C=O) groups excluding carboxylic acids is 1. The quantitative estimate of drug-likeness (QED) is 0.134. The number of esters is 1. The molecule has 0 bridgehead atoms. The van der Waals surface area contributed by atoms with E-state index in [4.69, 9.17) is 4.74 Å². The highest BCUT2D eigenvalue weighted by atomic mass is 31.2. The molecule has 3 aromatic carbocycles. The van der Waals surface area contributed by atoms with Crippen molar-refractivity contribution in [2.24, 2.45) is 5.41 Å². The van der Waals surface area contributed by atoms with Crippen LogP contribution in [0.15, 0.2) is 150 Å². The summed E-state index contributed by atoms with van der Waals surface area (Å²) in [5.74, 6) is -0.199. The Morgan fingerprint density at radius 3 is 1.79 bits per heavy atom. The van der Waals surface area contributed by atoms with Gasteiger partial charge in [-0.3, -0.25) is 4.79 Å². The monoisotopic (exact) mass is 589 g/mol. The Morgan fingerprint density at radius 2 is 1.33 bits per heavy atom. The molecule has 0 heterocycles. The number of allylic oxidation sites excluding steroid dienone is 9. The summed E-state index contributed by atoms with van der Waals surface area (Å²) in [5.41, 5.74) is 5.04. The highest BCUT2D eigenvalue weighted by Crippen LogP contribution is 2.55. The van der Waals surface area contributed by atoms with Gasteiger partial charge < -0.3 is 4.74 Å². The van der Waals surface area contributed by atoms with Gasteiger partial charge in [-0.25, -0.2) is 0 Å². The Kier molecular flexibility index (Phi) is 10.9. The molecule has 0 saturated heterocycles. The highest BCUT2D eigenvalue weighted by molar-refractivity contribution is 7.95. The average molecular weight is 590 g/mol. The molecule has 3 heteroatoms. The molecule has 1 aliphatic rings. The van der Waals surface area contributed by atoms with Crippen LogP contribution in [0, 0.1) is 5.41 Å². The SMILES string of the molecule is CC(=O)OC1CC(C)=C(C=CC(C)=CC=CC(C)=CC[P+](c2ccccc2)(c2ccccc2)c2ccccc2)C(C)(C)C1. The summed E-state index contributed by atoms with van der Waals surface area (Å²) in [7, 11) is -1.89. The maximum Gasteiger partial charge on any atom is 0.302 e. The topological polar surface area (TPSA) is 26.3 Å². The Morgan fingerprint density at radius 1 is 0.814 bits per heavy atom. The van der Waals surface area contributed by atoms with Gasteiger partial charge in [0.15, 0.2) is 0 Å². The zero-order valence-corrected chi connectivity index (χ0v) is 27.5. The molecule has 0 fully saturated rings. The predicted octanol–water partition coefficient (Wildman–Crippen LogP) is 9.05. The van der Waals surface area contributed by atoms with Crippen LogP contribution in [0.2, 0.25) is 0 Å². The third kappa shape index (κ3) is 8.21. The molecule has 0 N–H and O–H groups in total. The molecule has 3 aromatic rings. The molecule has 0 aromatic heterocycles. The van der Waals surface area contributed by atoms with E-state index in [9.17, 15) is 4.79 Å². The van der Waals surface area contributed by atoms with Crippen LogP contribution < -0.4 is 15.9 Å². The Labute approximate surface area is 259 Å². The van der Waals surface area contributed by atoms with Crippen molar-refractivity contribution in [1.29, 1.82) is 0 Å². The fraction of sp³-hybridized carbons (Fsp3) is 0.275. The van der Waals surface area contributed by atoms with Crippen LogP contribution in [0.5, 0.6) is 0 Å². The van der Waals surface area contributed by atoms with E-state index in [1.807, 2.05) is 0 Å². The molecule has 1 unspecified atom stereocenters. The van der Waals surface area contributed by atoms with Crippen molar-refractivity contribution in [2.45, 2.75) is 60.5 Å². The first-order valence-electron chi connectivity index (χ1n) is 15.2. The van der Waals surface area contributed by atoms with Crippen molar-refractivity contribution in [3.8, 4) is 0 Å². The van der Waals surface area contributed by atoms with Gasteiger partial charge in [-0.15, -0.1) is 0 Å². The third-order valence-corrected chi connectivity index (χ3v) is 12.6. The first kappa shape index (κ1) is 32.2. The lowest BCUT2D eigenvalue weighted by atomic mass is 9.71. The first-order valence-corrected chi connectivity index (χ1v) is 17.2. The van der Waals surface area contributed by atoms with Crippen molar-refractivity contribution in [1.82, 2.24) is 0 Å². The van der Waals surface area contributed by atoms with E-state index in [2.05, 4.69) is 162 Å². The lowest BCUT2D eigenvalue weighted by Crippen LogP contribution is -2.33. The minimum absolute atomic E-state index is 0.0363. The van der Waals surface area contributed by atoms with Gasteiger partial charge in [-0.05, 0) is 80.7 Å². The van der Waals surface area contributed by atoms with Crippen LogP contribution in [-0.2, 0) is 9.53 Å². The summed E-state index contributed by atoms with van der Waals surface area (Å²) in [6, 6.07) is 33.1. The largest absolute Gasteiger partial charge is 0.462 e. The Balaban J connectivity index is 1.56. The summed E-state index contributed by atoms with van der Waals surface area (Å²) >= 11 is 0. The third-order valence-electron chi connectivity index (χ3n) is 8.30. The average Bonchev–Trinajstić information content (AvgIpc) is 2.98. The lowest BCUT2D eigenvalue weighted by Gasteiger charge is -2.37. The van der Waals surface area contributed by atoms with E-state index >= 15 is 0 Å². The van der Waals surface area contributed by atoms with Crippen LogP contribution in [-0.4, -0.2) is 18.2 Å². The molecule has 0 saturated carbocycles. The zero-order chi connectivity index (χ0) is 30.9. The maximum atomic E-state index is 11.5. The van der Waals surface area contributed by atoms with E-state index in [1.165, 1.54) is 45.1 Å². The van der Waals surface area contributed by atoms with Crippen molar-refractivity contribution in [3.63, 3.8) is 0 Å². The molecular weight excluding hydrogens is 543 g/mol. The van der Waals surface area contributed by atoms with E-state index in [1.54, 1.807) is 0 Å². The lowest BCUT2D eigenvalue weighted by molar-refractivity contribution is -0.147. The molecule has 1 atom stereocenters. The minimum Gasteiger partial charge on any atom is -0.462 e. The smallest absolute Gasteiger partial charge is 0.302 e. The van der Waals surface area contributed by atoms with Gasteiger partial charge in [-0.1, -0.05) is 116 Å². The Hall–Kier alpha value is -3.74. The fourth-order valence-electron chi connectivity index (χ4n) is 6.25. The number of benzene rings is 3. The number of carbonyl (C=O) groups is 1. The molecular formula is C40H46O2P+. The number of rotatable bonds is 10.